The lowest BCUT2D eigenvalue weighted by Gasteiger charge is -2.40. The lowest BCUT2D eigenvalue weighted by molar-refractivity contribution is -0.145. The number of hydrogen-bond donors (Lipinski definition) is 0. The molecule has 0 bridgehead atoms. The Bertz CT molecular complexity index is 929. The van der Waals surface area contributed by atoms with Gasteiger partial charge in [-0.1, -0.05) is 17.7 Å². The van der Waals surface area contributed by atoms with Crippen LogP contribution in [-0.4, -0.2) is 46.8 Å². The minimum absolute atomic E-state index is 0.0359. The minimum Gasteiger partial charge on any atom is -0.491 e. The molecular weight excluding hydrogens is 396 g/mol. The molecule has 2 amide bonds. The summed E-state index contributed by atoms with van der Waals surface area (Å²) < 4.78 is 6.19. The molecule has 0 saturated heterocycles. The Labute approximate surface area is 183 Å². The van der Waals surface area contributed by atoms with Gasteiger partial charge < -0.3 is 14.5 Å². The van der Waals surface area contributed by atoms with Gasteiger partial charge in [0.05, 0.1) is 6.04 Å². The average molecular weight is 429 g/mol. The number of rotatable bonds is 5. The Morgan fingerprint density at radius 1 is 1.23 bits per heavy atom. The highest BCUT2D eigenvalue weighted by molar-refractivity contribution is 7.10. The van der Waals surface area contributed by atoms with Crippen molar-refractivity contribution in [1.82, 2.24) is 9.80 Å². The van der Waals surface area contributed by atoms with Crippen LogP contribution in [0.3, 0.4) is 0 Å². The summed E-state index contributed by atoms with van der Waals surface area (Å²) in [5.74, 6) is 0.716. The lowest BCUT2D eigenvalue weighted by atomic mass is 9.99. The van der Waals surface area contributed by atoms with E-state index in [1.54, 1.807) is 16.2 Å². The van der Waals surface area contributed by atoms with Crippen LogP contribution in [0.5, 0.6) is 5.75 Å². The maximum atomic E-state index is 13.3. The van der Waals surface area contributed by atoms with Gasteiger partial charge in [0, 0.05) is 23.9 Å². The maximum absolute atomic E-state index is 13.3. The molecule has 1 aromatic carbocycles. The van der Waals surface area contributed by atoms with Gasteiger partial charge in [-0.15, -0.1) is 11.3 Å². The third-order valence-electron chi connectivity index (χ3n) is 5.63. The van der Waals surface area contributed by atoms with Crippen molar-refractivity contribution in [2.75, 3.05) is 19.7 Å². The number of carbonyl (C=O) groups is 2. The van der Waals surface area contributed by atoms with Gasteiger partial charge in [-0.2, -0.15) is 0 Å². The Hall–Kier alpha value is -2.34. The summed E-state index contributed by atoms with van der Waals surface area (Å²) in [5.41, 5.74) is 3.04. The van der Waals surface area contributed by atoms with Crippen molar-refractivity contribution in [3.05, 3.63) is 51.2 Å². The molecule has 1 aliphatic rings. The van der Waals surface area contributed by atoms with Crippen LogP contribution in [0, 0.1) is 13.8 Å². The topological polar surface area (TPSA) is 49.9 Å². The highest BCUT2D eigenvalue weighted by Crippen LogP contribution is 2.34. The molecular formula is C24H32N2O3S. The first-order valence-electron chi connectivity index (χ1n) is 10.4. The third-order valence-corrected chi connectivity index (χ3v) is 6.62. The zero-order chi connectivity index (χ0) is 22.1. The van der Waals surface area contributed by atoms with E-state index in [9.17, 15) is 9.59 Å². The normalized spacial score (nSPS) is 16.2. The second kappa shape index (κ2) is 8.80. The smallest absolute Gasteiger partial charge is 0.242 e. The molecule has 0 radical (unpaired) electrons. The molecule has 3 rings (SSSR count). The van der Waals surface area contributed by atoms with Crippen molar-refractivity contribution in [3.63, 3.8) is 0 Å². The fourth-order valence-corrected chi connectivity index (χ4v) is 4.98. The number of fused-ring (bicyclic) bond motifs is 1. The molecule has 30 heavy (non-hydrogen) atoms. The molecule has 0 saturated carbocycles. The summed E-state index contributed by atoms with van der Waals surface area (Å²) in [7, 11) is 0. The van der Waals surface area contributed by atoms with E-state index >= 15 is 0 Å². The Kier molecular flexibility index (Phi) is 6.56. The summed E-state index contributed by atoms with van der Waals surface area (Å²) in [5, 5.41) is 2.08. The van der Waals surface area contributed by atoms with E-state index in [0.717, 1.165) is 23.3 Å². The van der Waals surface area contributed by atoms with Gasteiger partial charge in [-0.3, -0.25) is 9.59 Å². The standard InChI is InChI=1S/C24H32N2O3S/c1-16-7-8-21(17(2)13-16)29-15-20-19-10-12-30-22(19)9-11-25(20)23(28)14-26(18(3)27)24(4,5)6/h7-8,10,12-13,20H,9,11,14-15H2,1-6H3/t20-/m1/s1. The van der Waals surface area contributed by atoms with E-state index < -0.39 is 5.54 Å². The van der Waals surface area contributed by atoms with Crippen molar-refractivity contribution < 1.29 is 14.3 Å². The highest BCUT2D eigenvalue weighted by atomic mass is 32.1. The SMILES string of the molecule is CC(=O)N(CC(=O)N1CCc2sccc2[C@H]1COc1ccc(C)cc1C)C(C)(C)C. The number of nitrogens with zero attached hydrogens (tertiary/aromatic N) is 2. The first kappa shape index (κ1) is 22.3. The number of amides is 2. The fourth-order valence-electron chi connectivity index (χ4n) is 4.05. The maximum Gasteiger partial charge on any atom is 0.242 e. The van der Waals surface area contributed by atoms with E-state index in [1.165, 1.54) is 17.4 Å². The van der Waals surface area contributed by atoms with Gasteiger partial charge in [0.1, 0.15) is 18.9 Å². The predicted octanol–water partition coefficient (Wildman–Crippen LogP) is 4.52. The zero-order valence-electron chi connectivity index (χ0n) is 18.8. The molecule has 1 aliphatic heterocycles. The van der Waals surface area contributed by atoms with Gasteiger partial charge in [-0.25, -0.2) is 0 Å². The van der Waals surface area contributed by atoms with Crippen LogP contribution in [0.15, 0.2) is 29.6 Å². The molecule has 0 spiro atoms. The summed E-state index contributed by atoms with van der Waals surface area (Å²) in [6, 6.07) is 8.08. The summed E-state index contributed by atoms with van der Waals surface area (Å²) in [6.07, 6.45) is 0.842. The predicted molar refractivity (Wildman–Crippen MR) is 121 cm³/mol. The number of thiophene rings is 1. The van der Waals surface area contributed by atoms with Crippen LogP contribution in [-0.2, 0) is 16.0 Å². The van der Waals surface area contributed by atoms with Crippen LogP contribution >= 0.6 is 11.3 Å². The Morgan fingerprint density at radius 3 is 2.60 bits per heavy atom. The van der Waals surface area contributed by atoms with Crippen LogP contribution in [0.25, 0.3) is 0 Å². The summed E-state index contributed by atoms with van der Waals surface area (Å²) in [4.78, 5) is 30.3. The van der Waals surface area contributed by atoms with Crippen LogP contribution in [0.1, 0.15) is 55.3 Å². The lowest BCUT2D eigenvalue weighted by Crippen LogP contribution is -2.52. The third kappa shape index (κ3) is 4.86. The van der Waals surface area contributed by atoms with E-state index in [-0.39, 0.29) is 24.4 Å². The number of carbonyl (C=O) groups excluding carboxylic acids is 2. The first-order valence-corrected chi connectivity index (χ1v) is 11.3. The van der Waals surface area contributed by atoms with E-state index in [0.29, 0.717) is 13.2 Å². The zero-order valence-corrected chi connectivity index (χ0v) is 19.6. The number of aryl methyl sites for hydroxylation is 2. The molecule has 0 fully saturated rings. The van der Waals surface area contributed by atoms with Crippen molar-refractivity contribution in [2.24, 2.45) is 0 Å². The molecule has 0 unspecified atom stereocenters. The molecule has 1 aromatic heterocycles. The van der Waals surface area contributed by atoms with Crippen LogP contribution < -0.4 is 4.74 Å². The largest absolute Gasteiger partial charge is 0.491 e. The van der Waals surface area contributed by atoms with Gasteiger partial charge in [0.15, 0.2) is 0 Å². The Balaban J connectivity index is 1.82. The highest BCUT2D eigenvalue weighted by Gasteiger charge is 2.35. The van der Waals surface area contributed by atoms with Crippen LogP contribution in [0.4, 0.5) is 0 Å². The van der Waals surface area contributed by atoms with E-state index in [2.05, 4.69) is 24.4 Å². The Morgan fingerprint density at radius 2 is 1.97 bits per heavy atom. The van der Waals surface area contributed by atoms with Gasteiger partial charge in [-0.05, 0) is 69.7 Å². The van der Waals surface area contributed by atoms with Gasteiger partial charge >= 0.3 is 0 Å². The number of hydrogen-bond acceptors (Lipinski definition) is 4. The molecule has 162 valence electrons. The van der Waals surface area contributed by atoms with Crippen molar-refractivity contribution >= 4 is 23.2 Å². The van der Waals surface area contributed by atoms with Gasteiger partial charge in [0.25, 0.3) is 0 Å². The minimum atomic E-state index is -0.407. The van der Waals surface area contributed by atoms with Crippen molar-refractivity contribution in [1.29, 1.82) is 0 Å². The number of benzene rings is 1. The average Bonchev–Trinajstić information content (AvgIpc) is 3.12. The molecule has 1 atom stereocenters. The fraction of sp³-hybridized carbons (Fsp3) is 0.500. The second-order valence-electron chi connectivity index (χ2n) is 9.01. The van der Waals surface area contributed by atoms with Crippen LogP contribution in [0.2, 0.25) is 0 Å². The first-order chi connectivity index (χ1) is 14.1. The number of ether oxygens (including phenoxy) is 1. The van der Waals surface area contributed by atoms with Crippen molar-refractivity contribution in [3.8, 4) is 5.75 Å². The monoisotopic (exact) mass is 428 g/mol. The quantitative estimate of drug-likeness (QED) is 0.704. The molecule has 2 aromatic rings. The molecule has 0 N–H and O–H groups in total. The van der Waals surface area contributed by atoms with Gasteiger partial charge in [0.2, 0.25) is 11.8 Å². The summed E-state index contributed by atoms with van der Waals surface area (Å²) >= 11 is 1.73. The van der Waals surface area contributed by atoms with E-state index in [4.69, 9.17) is 4.74 Å². The summed E-state index contributed by atoms with van der Waals surface area (Å²) in [6.45, 7) is 12.6. The molecule has 5 nitrogen and oxygen atoms in total. The molecule has 0 aliphatic carbocycles. The van der Waals surface area contributed by atoms with E-state index in [1.807, 2.05) is 44.7 Å². The molecule has 6 heteroatoms. The molecule has 2 heterocycles. The van der Waals surface area contributed by atoms with Crippen molar-refractivity contribution in [2.45, 2.75) is 59.5 Å². The second-order valence-corrected chi connectivity index (χ2v) is 10.0.